The fourth-order valence-electron chi connectivity index (χ4n) is 4.24. The largest absolute Gasteiger partial charge is 0.485 e. The first-order valence-corrected chi connectivity index (χ1v) is 12.6. The number of ether oxygens (including phenoxy) is 2. The van der Waals surface area contributed by atoms with E-state index in [-0.39, 0.29) is 18.1 Å². The summed E-state index contributed by atoms with van der Waals surface area (Å²) in [6.07, 6.45) is 1.32. The van der Waals surface area contributed by atoms with Crippen LogP contribution in [0.3, 0.4) is 0 Å². The van der Waals surface area contributed by atoms with Crippen molar-refractivity contribution in [1.82, 2.24) is 14.6 Å². The molecule has 172 valence electrons. The summed E-state index contributed by atoms with van der Waals surface area (Å²) < 4.78 is 14.2. The zero-order valence-corrected chi connectivity index (χ0v) is 20.6. The maximum atomic E-state index is 13.4. The molecule has 2 aromatic carbocycles. The average molecular weight is 539 g/mol. The number of rotatable bonds is 4. The number of carbonyl (C=O) groups is 1. The summed E-state index contributed by atoms with van der Waals surface area (Å²) in [7, 11) is 0. The van der Waals surface area contributed by atoms with E-state index in [0.29, 0.717) is 38.9 Å². The van der Waals surface area contributed by atoms with E-state index < -0.39 is 6.10 Å². The summed E-state index contributed by atoms with van der Waals surface area (Å²) in [5.41, 5.74) is 1.62. The molecule has 2 aliphatic heterocycles. The number of carbonyl (C=O) groups excluding carboxylic acids is 1. The van der Waals surface area contributed by atoms with Crippen LogP contribution in [0.5, 0.6) is 11.5 Å². The normalized spacial score (nSPS) is 18.6. The second-order valence-corrected chi connectivity index (χ2v) is 10.0. The quantitative estimate of drug-likeness (QED) is 0.395. The highest BCUT2D eigenvalue weighted by Gasteiger charge is 2.35. The fourth-order valence-corrected chi connectivity index (χ4v) is 5.61. The number of fused-ring (bicyclic) bond motifs is 3. The fraction of sp³-hybridized carbons (Fsp3) is 0.250. The van der Waals surface area contributed by atoms with Crippen molar-refractivity contribution in [1.29, 1.82) is 0 Å². The summed E-state index contributed by atoms with van der Waals surface area (Å²) in [5, 5.41) is 4.42. The van der Waals surface area contributed by atoms with Gasteiger partial charge in [-0.15, -0.1) is 5.10 Å². The van der Waals surface area contributed by atoms with E-state index in [1.54, 1.807) is 4.90 Å². The Kier molecular flexibility index (Phi) is 5.14. The van der Waals surface area contributed by atoms with Gasteiger partial charge < -0.3 is 14.4 Å². The molecule has 0 saturated heterocycles. The Bertz CT molecular complexity index is 1560. The van der Waals surface area contributed by atoms with Gasteiger partial charge in [0.2, 0.25) is 4.96 Å². The molecule has 0 radical (unpaired) electrons. The smallest absolute Gasteiger partial charge is 0.291 e. The van der Waals surface area contributed by atoms with Crippen LogP contribution in [0.1, 0.15) is 37.3 Å². The van der Waals surface area contributed by atoms with E-state index in [0.717, 1.165) is 28.6 Å². The Morgan fingerprint density at radius 1 is 1.18 bits per heavy atom. The molecule has 10 heteroatoms. The molecule has 8 nitrogen and oxygen atoms in total. The van der Waals surface area contributed by atoms with Crippen molar-refractivity contribution >= 4 is 49.4 Å². The Morgan fingerprint density at radius 3 is 2.79 bits per heavy atom. The Balaban J connectivity index is 1.44. The van der Waals surface area contributed by atoms with Gasteiger partial charge in [0.15, 0.2) is 23.4 Å². The number of aromatic nitrogens is 3. The maximum absolute atomic E-state index is 13.4. The highest BCUT2D eigenvalue weighted by Crippen LogP contribution is 2.38. The topological polar surface area (TPSA) is 86.0 Å². The standard InChI is InChI=1S/C24H19BrN4O4S/c1-2-3-10-28-15-9-8-13(25)11-14(15)19(22(28)30)20-23(31)29-24(34-20)26-21(27-29)18-12-32-16-6-4-5-7-17(16)33-18/h4-9,11,18H,2-3,10,12H2,1H3. The maximum Gasteiger partial charge on any atom is 0.291 e. The van der Waals surface area contributed by atoms with Crippen LogP contribution in [0.2, 0.25) is 0 Å². The van der Waals surface area contributed by atoms with Crippen LogP contribution >= 0.6 is 27.3 Å². The van der Waals surface area contributed by atoms with Gasteiger partial charge in [0.05, 0.1) is 11.3 Å². The SMILES string of the molecule is CCCCN1C(=O)C(=c2sc3nc(C4COc5ccccc5O4)nn3c2=O)c2cc(Br)ccc21. The lowest BCUT2D eigenvalue weighted by Crippen LogP contribution is -2.33. The summed E-state index contributed by atoms with van der Waals surface area (Å²) in [4.78, 5) is 33.5. The number of amides is 1. The van der Waals surface area contributed by atoms with Crippen LogP contribution in [-0.4, -0.2) is 33.7 Å². The highest BCUT2D eigenvalue weighted by atomic mass is 79.9. The van der Waals surface area contributed by atoms with Crippen molar-refractivity contribution in [2.45, 2.75) is 25.9 Å². The molecule has 0 fully saturated rings. The molecule has 1 unspecified atom stereocenters. The van der Waals surface area contributed by atoms with E-state index in [2.05, 4.69) is 32.9 Å². The van der Waals surface area contributed by atoms with E-state index in [9.17, 15) is 9.59 Å². The van der Waals surface area contributed by atoms with Crippen LogP contribution in [0.4, 0.5) is 5.69 Å². The van der Waals surface area contributed by atoms with Crippen molar-refractivity contribution < 1.29 is 14.3 Å². The Hall–Kier alpha value is -3.24. The minimum atomic E-state index is -0.521. The van der Waals surface area contributed by atoms with Gasteiger partial charge in [0, 0.05) is 16.6 Å². The van der Waals surface area contributed by atoms with Gasteiger partial charge in [0.1, 0.15) is 11.1 Å². The van der Waals surface area contributed by atoms with E-state index in [1.165, 1.54) is 15.9 Å². The molecule has 2 aliphatic rings. The van der Waals surface area contributed by atoms with Gasteiger partial charge in [-0.25, -0.2) is 0 Å². The van der Waals surface area contributed by atoms with Crippen LogP contribution in [0.25, 0.3) is 10.5 Å². The van der Waals surface area contributed by atoms with E-state index in [1.807, 2.05) is 42.5 Å². The highest BCUT2D eigenvalue weighted by molar-refractivity contribution is 9.10. The molecule has 34 heavy (non-hydrogen) atoms. The third-order valence-electron chi connectivity index (χ3n) is 5.91. The molecule has 1 atom stereocenters. The molecule has 1 amide bonds. The zero-order valence-electron chi connectivity index (χ0n) is 18.2. The van der Waals surface area contributed by atoms with Gasteiger partial charge in [-0.1, -0.05) is 52.7 Å². The zero-order chi connectivity index (χ0) is 23.4. The Morgan fingerprint density at radius 2 is 2.00 bits per heavy atom. The molecule has 0 N–H and O–H groups in total. The summed E-state index contributed by atoms with van der Waals surface area (Å²) >= 11 is 4.67. The first kappa shape index (κ1) is 21.3. The van der Waals surface area contributed by atoms with Crippen LogP contribution in [0, 0.1) is 0 Å². The van der Waals surface area contributed by atoms with Crippen molar-refractivity contribution in [2.75, 3.05) is 18.1 Å². The van der Waals surface area contributed by atoms with Gasteiger partial charge in [-0.3, -0.25) is 9.59 Å². The molecule has 4 heterocycles. The molecule has 0 spiro atoms. The molecule has 6 rings (SSSR count). The van der Waals surface area contributed by atoms with Crippen molar-refractivity contribution in [3.8, 4) is 11.5 Å². The van der Waals surface area contributed by atoms with Gasteiger partial charge in [-0.05, 0) is 36.8 Å². The van der Waals surface area contributed by atoms with Crippen LogP contribution < -0.4 is 24.5 Å². The van der Waals surface area contributed by atoms with E-state index in [4.69, 9.17) is 9.47 Å². The molecule has 2 aromatic heterocycles. The predicted octanol–water partition coefficient (Wildman–Crippen LogP) is 3.49. The minimum Gasteiger partial charge on any atom is -0.485 e. The van der Waals surface area contributed by atoms with Crippen molar-refractivity contribution in [3.05, 3.63) is 73.2 Å². The lowest BCUT2D eigenvalue weighted by molar-refractivity contribution is -0.113. The number of anilines is 1. The number of hydrogen-bond acceptors (Lipinski definition) is 7. The van der Waals surface area contributed by atoms with Crippen molar-refractivity contribution in [2.24, 2.45) is 0 Å². The summed E-state index contributed by atoms with van der Waals surface area (Å²) in [6.45, 7) is 2.94. The Labute approximate surface area is 206 Å². The minimum absolute atomic E-state index is 0.163. The van der Waals surface area contributed by atoms with E-state index >= 15 is 0 Å². The van der Waals surface area contributed by atoms with Gasteiger partial charge in [-0.2, -0.15) is 9.50 Å². The summed E-state index contributed by atoms with van der Waals surface area (Å²) in [6, 6.07) is 13.1. The van der Waals surface area contributed by atoms with Crippen LogP contribution in [-0.2, 0) is 4.79 Å². The first-order chi connectivity index (χ1) is 16.5. The van der Waals surface area contributed by atoms with Crippen LogP contribution in [0.15, 0.2) is 51.7 Å². The average Bonchev–Trinajstić information content (AvgIpc) is 3.47. The lowest BCUT2D eigenvalue weighted by Gasteiger charge is -2.24. The number of nitrogens with zero attached hydrogens (tertiary/aromatic N) is 4. The molecular formula is C24H19BrN4O4S. The second-order valence-electron chi connectivity index (χ2n) is 8.11. The lowest BCUT2D eigenvalue weighted by atomic mass is 10.1. The predicted molar refractivity (Wildman–Crippen MR) is 132 cm³/mol. The van der Waals surface area contributed by atoms with Gasteiger partial charge >= 0.3 is 0 Å². The third-order valence-corrected chi connectivity index (χ3v) is 7.43. The first-order valence-electron chi connectivity index (χ1n) is 11.0. The van der Waals surface area contributed by atoms with Gasteiger partial charge in [0.25, 0.3) is 11.5 Å². The molecular weight excluding hydrogens is 520 g/mol. The number of benzene rings is 2. The monoisotopic (exact) mass is 538 g/mol. The molecule has 0 bridgehead atoms. The van der Waals surface area contributed by atoms with Crippen molar-refractivity contribution in [3.63, 3.8) is 0 Å². The summed E-state index contributed by atoms with van der Waals surface area (Å²) in [5.74, 6) is 1.49. The second kappa shape index (κ2) is 8.21. The molecule has 0 aliphatic carbocycles. The number of hydrogen-bond donors (Lipinski definition) is 0. The molecule has 0 saturated carbocycles. The third kappa shape index (κ3) is 3.32. The molecule has 4 aromatic rings. The number of unbranched alkanes of at least 4 members (excludes halogenated alkanes) is 1. The number of halogens is 1. The number of para-hydroxylation sites is 2. The number of thiazole rings is 1.